The van der Waals surface area contributed by atoms with Crippen LogP contribution in [0.2, 0.25) is 0 Å². The molecule has 1 atom stereocenters. The molecule has 0 aliphatic heterocycles. The molecule has 0 aliphatic carbocycles. The van der Waals surface area contributed by atoms with Crippen molar-refractivity contribution in [1.82, 2.24) is 0 Å². The summed E-state index contributed by atoms with van der Waals surface area (Å²) >= 11 is 0. The quantitative estimate of drug-likeness (QED) is 0.591. The van der Waals surface area contributed by atoms with Gasteiger partial charge in [-0.05, 0) is 23.8 Å². The molecule has 0 bridgehead atoms. The molecule has 6 heteroatoms. The molecular weight excluding hydrogens is 214 g/mol. The van der Waals surface area contributed by atoms with E-state index in [-0.39, 0.29) is 12.0 Å². The zero-order valence-corrected chi connectivity index (χ0v) is 7.55. The molecule has 0 heterocycles. The van der Waals surface area contributed by atoms with Gasteiger partial charge in [0.2, 0.25) is 0 Å². The van der Waals surface area contributed by atoms with Gasteiger partial charge in [0.25, 0.3) is 0 Å². The largest absolute Gasteiger partial charge is 0.416 e. The summed E-state index contributed by atoms with van der Waals surface area (Å²) < 4.78 is 49.5. The van der Waals surface area contributed by atoms with Crippen molar-refractivity contribution < 1.29 is 22.7 Å². The molecule has 0 spiro atoms. The maximum absolute atomic E-state index is 12.8. The lowest BCUT2D eigenvalue weighted by Gasteiger charge is -2.10. The fourth-order valence-electron chi connectivity index (χ4n) is 1.17. The van der Waals surface area contributed by atoms with E-state index in [1.807, 2.05) is 0 Å². The lowest BCUT2D eigenvalue weighted by atomic mass is 10.1. The van der Waals surface area contributed by atoms with Gasteiger partial charge in [-0.1, -0.05) is 0 Å². The van der Waals surface area contributed by atoms with Gasteiger partial charge >= 0.3 is 6.18 Å². The molecule has 0 aliphatic rings. The van der Waals surface area contributed by atoms with Crippen molar-refractivity contribution in [3.8, 4) is 0 Å². The van der Waals surface area contributed by atoms with Crippen molar-refractivity contribution in [3.63, 3.8) is 0 Å². The van der Waals surface area contributed by atoms with Crippen LogP contribution in [-0.2, 0) is 12.6 Å². The summed E-state index contributed by atoms with van der Waals surface area (Å²) in [5.41, 5.74) is 3.91. The summed E-state index contributed by atoms with van der Waals surface area (Å²) in [6.07, 6.45) is -6.12. The third-order valence-electron chi connectivity index (χ3n) is 1.73. The highest BCUT2D eigenvalue weighted by Crippen LogP contribution is 2.30. The highest BCUT2D eigenvalue weighted by Gasteiger charge is 2.31. The number of aliphatic hydroxyl groups is 1. The van der Waals surface area contributed by atoms with Gasteiger partial charge in [-0.15, -0.1) is 0 Å². The van der Waals surface area contributed by atoms with Crippen molar-refractivity contribution in [2.24, 2.45) is 5.73 Å². The number of hydrogen-bond donors (Lipinski definition) is 2. The molecule has 1 aromatic carbocycles. The van der Waals surface area contributed by atoms with Crippen LogP contribution < -0.4 is 5.73 Å². The number of benzene rings is 1. The van der Waals surface area contributed by atoms with Gasteiger partial charge in [0.1, 0.15) is 12.0 Å². The zero-order chi connectivity index (χ0) is 11.6. The minimum absolute atomic E-state index is 0.0114. The molecule has 0 radical (unpaired) electrons. The van der Waals surface area contributed by atoms with Gasteiger partial charge in [-0.25, -0.2) is 4.39 Å². The van der Waals surface area contributed by atoms with Gasteiger partial charge in [0.05, 0.1) is 5.56 Å². The maximum atomic E-state index is 12.8. The first-order valence-electron chi connectivity index (χ1n) is 4.09. The number of halogens is 4. The third-order valence-corrected chi connectivity index (χ3v) is 1.73. The van der Waals surface area contributed by atoms with Crippen molar-refractivity contribution in [2.75, 3.05) is 0 Å². The van der Waals surface area contributed by atoms with Crippen molar-refractivity contribution >= 4 is 0 Å². The Balaban J connectivity index is 3.06. The Morgan fingerprint density at radius 2 is 1.87 bits per heavy atom. The highest BCUT2D eigenvalue weighted by atomic mass is 19.4. The molecule has 1 rings (SSSR count). The fourth-order valence-corrected chi connectivity index (χ4v) is 1.17. The molecule has 0 aromatic heterocycles. The van der Waals surface area contributed by atoms with E-state index in [0.29, 0.717) is 6.07 Å². The van der Waals surface area contributed by atoms with Gasteiger partial charge in [0, 0.05) is 6.42 Å². The monoisotopic (exact) mass is 223 g/mol. The topological polar surface area (TPSA) is 46.2 Å². The zero-order valence-electron chi connectivity index (χ0n) is 7.55. The molecule has 1 aromatic rings. The Morgan fingerprint density at radius 3 is 2.33 bits per heavy atom. The van der Waals surface area contributed by atoms with E-state index >= 15 is 0 Å². The SMILES string of the molecule is NC(O)Cc1cc(F)cc(C(F)(F)F)c1. The Bertz CT molecular complexity index is 348. The minimum Gasteiger partial charge on any atom is -0.378 e. The van der Waals surface area contributed by atoms with Crippen LogP contribution in [0.4, 0.5) is 17.6 Å². The van der Waals surface area contributed by atoms with E-state index in [0.717, 1.165) is 12.1 Å². The number of alkyl halides is 3. The Kier molecular flexibility index (Phi) is 3.31. The smallest absolute Gasteiger partial charge is 0.378 e. The van der Waals surface area contributed by atoms with E-state index in [1.165, 1.54) is 0 Å². The molecule has 0 fully saturated rings. The average Bonchev–Trinajstić information content (AvgIpc) is 1.99. The number of hydrogen-bond acceptors (Lipinski definition) is 2. The van der Waals surface area contributed by atoms with E-state index < -0.39 is 23.8 Å². The summed E-state index contributed by atoms with van der Waals surface area (Å²) in [5, 5.41) is 8.76. The van der Waals surface area contributed by atoms with E-state index in [1.54, 1.807) is 0 Å². The summed E-state index contributed by atoms with van der Waals surface area (Å²) in [5.74, 6) is -1.000. The lowest BCUT2D eigenvalue weighted by molar-refractivity contribution is -0.137. The van der Waals surface area contributed by atoms with Crippen molar-refractivity contribution in [2.45, 2.75) is 18.8 Å². The Labute approximate surface area is 83.3 Å². The first kappa shape index (κ1) is 11.9. The van der Waals surface area contributed by atoms with Gasteiger partial charge in [0.15, 0.2) is 0 Å². The number of rotatable bonds is 2. The summed E-state index contributed by atoms with van der Waals surface area (Å²) in [4.78, 5) is 0. The van der Waals surface area contributed by atoms with E-state index in [2.05, 4.69) is 0 Å². The van der Waals surface area contributed by atoms with Crippen LogP contribution in [0.3, 0.4) is 0 Å². The molecule has 3 N–H and O–H groups in total. The fraction of sp³-hybridized carbons (Fsp3) is 0.333. The second kappa shape index (κ2) is 4.16. The van der Waals surface area contributed by atoms with Crippen LogP contribution in [0, 0.1) is 5.82 Å². The molecule has 0 amide bonds. The highest BCUT2D eigenvalue weighted by molar-refractivity contribution is 5.27. The maximum Gasteiger partial charge on any atom is 0.416 e. The van der Waals surface area contributed by atoms with Crippen LogP contribution in [0.15, 0.2) is 18.2 Å². The molecule has 0 saturated heterocycles. The Hall–Kier alpha value is -1.14. The first-order valence-corrected chi connectivity index (χ1v) is 4.09. The second-order valence-electron chi connectivity index (χ2n) is 3.12. The summed E-state index contributed by atoms with van der Waals surface area (Å²) in [6, 6.07) is 2.07. The third kappa shape index (κ3) is 3.49. The van der Waals surface area contributed by atoms with Crippen LogP contribution >= 0.6 is 0 Å². The molecule has 1 unspecified atom stereocenters. The predicted molar refractivity (Wildman–Crippen MR) is 45.3 cm³/mol. The second-order valence-corrected chi connectivity index (χ2v) is 3.12. The Morgan fingerprint density at radius 1 is 1.27 bits per heavy atom. The van der Waals surface area contributed by atoms with Gasteiger partial charge in [-0.3, -0.25) is 0 Å². The summed E-state index contributed by atoms with van der Waals surface area (Å²) in [6.45, 7) is 0. The van der Waals surface area contributed by atoms with Gasteiger partial charge < -0.3 is 10.8 Å². The predicted octanol–water partition coefficient (Wildman–Crippen LogP) is 1.66. The molecule has 84 valence electrons. The summed E-state index contributed by atoms with van der Waals surface area (Å²) in [7, 11) is 0. The minimum atomic E-state index is -4.60. The average molecular weight is 223 g/mol. The normalized spacial score (nSPS) is 14.0. The molecule has 2 nitrogen and oxygen atoms in total. The van der Waals surface area contributed by atoms with Crippen LogP contribution in [0.25, 0.3) is 0 Å². The van der Waals surface area contributed by atoms with Gasteiger partial charge in [-0.2, -0.15) is 13.2 Å². The van der Waals surface area contributed by atoms with E-state index in [4.69, 9.17) is 10.8 Å². The van der Waals surface area contributed by atoms with Crippen molar-refractivity contribution in [1.29, 1.82) is 0 Å². The standard InChI is InChI=1S/C9H9F4NO/c10-7-2-5(3-8(14)15)1-6(4-7)9(11,12)13/h1-2,4,8,15H,3,14H2. The van der Waals surface area contributed by atoms with Crippen LogP contribution in [0.1, 0.15) is 11.1 Å². The molecule has 15 heavy (non-hydrogen) atoms. The lowest BCUT2D eigenvalue weighted by Crippen LogP contribution is -2.21. The number of nitrogens with two attached hydrogens (primary N) is 1. The van der Waals surface area contributed by atoms with Crippen LogP contribution in [-0.4, -0.2) is 11.3 Å². The van der Waals surface area contributed by atoms with Crippen LogP contribution in [0.5, 0.6) is 0 Å². The molecular formula is C9H9F4NO. The van der Waals surface area contributed by atoms with Crippen molar-refractivity contribution in [3.05, 3.63) is 35.1 Å². The first-order chi connectivity index (χ1) is 6.79. The molecule has 0 saturated carbocycles. The van der Waals surface area contributed by atoms with E-state index in [9.17, 15) is 17.6 Å². The number of aliphatic hydroxyl groups excluding tert-OH is 1.